The Morgan fingerprint density at radius 1 is 1.43 bits per heavy atom. The first-order valence-electron chi connectivity index (χ1n) is 6.85. The smallest absolute Gasteiger partial charge is 0.254 e. The second kappa shape index (κ2) is 6.83. The summed E-state index contributed by atoms with van der Waals surface area (Å²) < 4.78 is 1.95. The second-order valence-electron chi connectivity index (χ2n) is 4.90. The fraction of sp³-hybridized carbons (Fsp3) is 0.429. The predicted octanol–water partition coefficient (Wildman–Crippen LogP) is 0.332. The molecule has 0 aliphatic carbocycles. The molecule has 0 radical (unpaired) electrons. The molecule has 0 atom stereocenters. The van der Waals surface area contributed by atoms with Crippen molar-refractivity contribution in [1.82, 2.24) is 24.8 Å². The summed E-state index contributed by atoms with van der Waals surface area (Å²) in [6.07, 6.45) is 6.20. The molecule has 7 heteroatoms. The lowest BCUT2D eigenvalue weighted by Gasteiger charge is -2.07. The highest BCUT2D eigenvalue weighted by Gasteiger charge is 2.11. The highest BCUT2D eigenvalue weighted by Crippen LogP contribution is 2.00. The molecular formula is C14H19N5O2. The van der Waals surface area contributed by atoms with Crippen molar-refractivity contribution in [3.05, 3.63) is 46.2 Å². The van der Waals surface area contributed by atoms with Gasteiger partial charge in [0.2, 0.25) is 5.91 Å². The van der Waals surface area contributed by atoms with Gasteiger partial charge in [0.05, 0.1) is 12.7 Å². The standard InChI is InChI=1S/C14H19N5O2/c1-10-12(14(21)18-11(2)17-10)8-13(20)16-4-3-6-19-7-5-15-9-19/h5,7,9H,3-4,6,8H2,1-2H3,(H,16,20)(H,17,18,21). The Balaban J connectivity index is 1.81. The van der Waals surface area contributed by atoms with Gasteiger partial charge in [-0.1, -0.05) is 0 Å². The number of hydrogen-bond acceptors (Lipinski definition) is 4. The van der Waals surface area contributed by atoms with Gasteiger partial charge in [-0.25, -0.2) is 9.97 Å². The van der Waals surface area contributed by atoms with E-state index in [2.05, 4.69) is 20.3 Å². The maximum absolute atomic E-state index is 11.9. The SMILES string of the molecule is Cc1nc(C)c(CC(=O)NCCCn2ccnc2)c(=O)[nH]1. The molecular weight excluding hydrogens is 270 g/mol. The first kappa shape index (κ1) is 15.0. The number of amides is 1. The van der Waals surface area contributed by atoms with Crippen LogP contribution in [0.25, 0.3) is 0 Å². The monoisotopic (exact) mass is 289 g/mol. The second-order valence-corrected chi connectivity index (χ2v) is 4.90. The average Bonchev–Trinajstić information content (AvgIpc) is 2.92. The Morgan fingerprint density at radius 2 is 2.24 bits per heavy atom. The van der Waals surface area contributed by atoms with Gasteiger partial charge in [0.1, 0.15) is 5.82 Å². The lowest BCUT2D eigenvalue weighted by molar-refractivity contribution is -0.120. The molecule has 0 saturated heterocycles. The van der Waals surface area contributed by atoms with Crippen molar-refractivity contribution < 1.29 is 4.79 Å². The number of imidazole rings is 1. The van der Waals surface area contributed by atoms with E-state index in [9.17, 15) is 9.59 Å². The summed E-state index contributed by atoms with van der Waals surface area (Å²) in [4.78, 5) is 34.4. The van der Waals surface area contributed by atoms with E-state index in [1.165, 1.54) is 0 Å². The van der Waals surface area contributed by atoms with Crippen LogP contribution in [0.15, 0.2) is 23.5 Å². The molecule has 2 heterocycles. The molecule has 2 aromatic heterocycles. The van der Waals surface area contributed by atoms with Crippen LogP contribution < -0.4 is 10.9 Å². The number of aryl methyl sites for hydroxylation is 3. The van der Waals surface area contributed by atoms with Gasteiger partial charge in [-0.05, 0) is 20.3 Å². The summed E-state index contributed by atoms with van der Waals surface area (Å²) in [5.74, 6) is 0.391. The summed E-state index contributed by atoms with van der Waals surface area (Å²) >= 11 is 0. The topological polar surface area (TPSA) is 92.7 Å². The Labute approximate surface area is 122 Å². The van der Waals surface area contributed by atoms with Crippen LogP contribution >= 0.6 is 0 Å². The van der Waals surface area contributed by atoms with Gasteiger partial charge in [0.25, 0.3) is 5.56 Å². The van der Waals surface area contributed by atoms with Crippen LogP contribution in [-0.2, 0) is 17.8 Å². The van der Waals surface area contributed by atoms with E-state index in [1.807, 2.05) is 10.8 Å². The first-order valence-corrected chi connectivity index (χ1v) is 6.85. The van der Waals surface area contributed by atoms with Crippen molar-refractivity contribution in [2.45, 2.75) is 33.2 Å². The predicted molar refractivity (Wildman–Crippen MR) is 77.9 cm³/mol. The number of carbonyl (C=O) groups excluding carboxylic acids is 1. The van der Waals surface area contributed by atoms with Crippen LogP contribution in [0.3, 0.4) is 0 Å². The number of nitrogens with zero attached hydrogens (tertiary/aromatic N) is 3. The molecule has 7 nitrogen and oxygen atoms in total. The number of aromatic amines is 1. The van der Waals surface area contributed by atoms with Gasteiger partial charge in [-0.3, -0.25) is 9.59 Å². The van der Waals surface area contributed by atoms with Crippen molar-refractivity contribution in [1.29, 1.82) is 0 Å². The Bertz CT molecular complexity index is 660. The quantitative estimate of drug-likeness (QED) is 0.750. The Kier molecular flexibility index (Phi) is 4.86. The molecule has 0 bridgehead atoms. The van der Waals surface area contributed by atoms with E-state index in [1.54, 1.807) is 26.4 Å². The lowest BCUT2D eigenvalue weighted by atomic mass is 10.1. The summed E-state index contributed by atoms with van der Waals surface area (Å²) in [7, 11) is 0. The third-order valence-corrected chi connectivity index (χ3v) is 3.15. The van der Waals surface area contributed by atoms with Gasteiger partial charge in [0, 0.05) is 36.7 Å². The molecule has 21 heavy (non-hydrogen) atoms. The summed E-state index contributed by atoms with van der Waals surface area (Å²) in [5, 5.41) is 2.81. The van der Waals surface area contributed by atoms with Crippen LogP contribution in [0.5, 0.6) is 0 Å². The van der Waals surface area contributed by atoms with Gasteiger partial charge < -0.3 is 14.9 Å². The zero-order chi connectivity index (χ0) is 15.2. The van der Waals surface area contributed by atoms with Crippen LogP contribution in [-0.4, -0.2) is 32.0 Å². The molecule has 0 aliphatic heterocycles. The van der Waals surface area contributed by atoms with Gasteiger partial charge >= 0.3 is 0 Å². The molecule has 0 saturated carbocycles. The molecule has 0 aromatic carbocycles. The summed E-state index contributed by atoms with van der Waals surface area (Å²) in [6, 6.07) is 0. The van der Waals surface area contributed by atoms with Crippen molar-refractivity contribution in [3.63, 3.8) is 0 Å². The van der Waals surface area contributed by atoms with Crippen molar-refractivity contribution >= 4 is 5.91 Å². The minimum absolute atomic E-state index is 0.0551. The average molecular weight is 289 g/mol. The summed E-state index contributed by atoms with van der Waals surface area (Å²) in [5.41, 5.74) is 0.783. The normalized spacial score (nSPS) is 10.6. The molecule has 1 amide bonds. The molecule has 2 rings (SSSR count). The Morgan fingerprint density at radius 3 is 2.90 bits per heavy atom. The van der Waals surface area contributed by atoms with Crippen molar-refractivity contribution in [2.24, 2.45) is 0 Å². The van der Waals surface area contributed by atoms with E-state index >= 15 is 0 Å². The number of aromatic nitrogens is 4. The van der Waals surface area contributed by atoms with Crippen LogP contribution in [0.1, 0.15) is 23.5 Å². The van der Waals surface area contributed by atoms with Crippen LogP contribution in [0, 0.1) is 13.8 Å². The largest absolute Gasteiger partial charge is 0.356 e. The number of carbonyl (C=O) groups is 1. The van der Waals surface area contributed by atoms with Gasteiger partial charge in [-0.15, -0.1) is 0 Å². The lowest BCUT2D eigenvalue weighted by Crippen LogP contribution is -2.30. The minimum Gasteiger partial charge on any atom is -0.356 e. The molecule has 0 fully saturated rings. The van der Waals surface area contributed by atoms with E-state index in [0.29, 0.717) is 23.6 Å². The van der Waals surface area contributed by atoms with Crippen molar-refractivity contribution in [2.75, 3.05) is 6.54 Å². The minimum atomic E-state index is -0.242. The van der Waals surface area contributed by atoms with E-state index in [-0.39, 0.29) is 17.9 Å². The molecule has 0 unspecified atom stereocenters. The fourth-order valence-corrected chi connectivity index (χ4v) is 2.09. The van der Waals surface area contributed by atoms with Crippen LogP contribution in [0.4, 0.5) is 0 Å². The highest BCUT2D eigenvalue weighted by atomic mass is 16.2. The zero-order valence-electron chi connectivity index (χ0n) is 12.2. The zero-order valence-corrected chi connectivity index (χ0v) is 12.2. The third kappa shape index (κ3) is 4.27. The summed E-state index contributed by atoms with van der Waals surface area (Å²) in [6.45, 7) is 4.82. The fourth-order valence-electron chi connectivity index (χ4n) is 2.09. The van der Waals surface area contributed by atoms with Gasteiger partial charge in [-0.2, -0.15) is 0 Å². The van der Waals surface area contributed by atoms with E-state index in [4.69, 9.17) is 0 Å². The molecule has 0 aliphatic rings. The Hall–Kier alpha value is -2.44. The molecule has 2 N–H and O–H groups in total. The van der Waals surface area contributed by atoms with E-state index in [0.717, 1.165) is 13.0 Å². The number of rotatable bonds is 6. The van der Waals surface area contributed by atoms with Crippen LogP contribution in [0.2, 0.25) is 0 Å². The van der Waals surface area contributed by atoms with Crippen molar-refractivity contribution in [3.8, 4) is 0 Å². The van der Waals surface area contributed by atoms with Gasteiger partial charge in [0.15, 0.2) is 0 Å². The maximum atomic E-state index is 11.9. The highest BCUT2D eigenvalue weighted by molar-refractivity contribution is 5.78. The maximum Gasteiger partial charge on any atom is 0.254 e. The molecule has 2 aromatic rings. The van der Waals surface area contributed by atoms with E-state index < -0.39 is 0 Å². The molecule has 0 spiro atoms. The number of H-pyrrole nitrogens is 1. The molecule has 112 valence electrons. The third-order valence-electron chi connectivity index (χ3n) is 3.15. The number of nitrogens with one attached hydrogen (secondary N) is 2. The number of hydrogen-bond donors (Lipinski definition) is 2. The first-order chi connectivity index (χ1) is 10.1.